The van der Waals surface area contributed by atoms with Gasteiger partial charge in [0.1, 0.15) is 0 Å². The summed E-state index contributed by atoms with van der Waals surface area (Å²) in [6.45, 7) is 4.13. The molecule has 0 bridgehead atoms. The van der Waals surface area contributed by atoms with Crippen molar-refractivity contribution in [3.05, 3.63) is 35.4 Å². The van der Waals surface area contributed by atoms with Crippen molar-refractivity contribution < 1.29 is 13.2 Å². The molecule has 2 rings (SSSR count). The quantitative estimate of drug-likeness (QED) is 0.907. The van der Waals surface area contributed by atoms with E-state index < -0.39 is 15.4 Å². The number of fused-ring (bicyclic) bond motifs is 1. The minimum atomic E-state index is -3.48. The highest BCUT2D eigenvalue weighted by atomic mass is 32.2. The third-order valence-corrected chi connectivity index (χ3v) is 4.77. The smallest absolute Gasteiger partial charge is 0.209 e. The molecule has 0 saturated carbocycles. The van der Waals surface area contributed by atoms with E-state index in [0.29, 0.717) is 6.61 Å². The molecule has 20 heavy (non-hydrogen) atoms. The zero-order valence-electron chi connectivity index (χ0n) is 12.1. The number of primary sulfonamides is 1. The molecule has 0 spiro atoms. The Bertz CT molecular complexity index is 566. The van der Waals surface area contributed by atoms with Gasteiger partial charge in [0.2, 0.25) is 10.0 Å². The molecule has 0 aliphatic heterocycles. The summed E-state index contributed by atoms with van der Waals surface area (Å²) in [5, 5.41) is 5.12. The molecule has 0 aromatic heterocycles. The maximum Gasteiger partial charge on any atom is 0.209 e. The number of ether oxygens (including phenoxy) is 1. The van der Waals surface area contributed by atoms with E-state index in [1.807, 2.05) is 26.0 Å². The zero-order valence-corrected chi connectivity index (χ0v) is 12.9. The molecule has 1 aromatic rings. The summed E-state index contributed by atoms with van der Waals surface area (Å²) in [4.78, 5) is 0. The molecule has 2 N–H and O–H groups in total. The Morgan fingerprint density at radius 3 is 2.75 bits per heavy atom. The monoisotopic (exact) mass is 297 g/mol. The van der Waals surface area contributed by atoms with Crippen LogP contribution in [0.15, 0.2) is 24.3 Å². The van der Waals surface area contributed by atoms with Gasteiger partial charge in [0, 0.05) is 5.41 Å². The summed E-state index contributed by atoms with van der Waals surface area (Å²) in [5.74, 6) is -0.0611. The molecule has 1 aliphatic carbocycles. The largest absolute Gasteiger partial charge is 0.373 e. The van der Waals surface area contributed by atoms with Crippen molar-refractivity contribution >= 4 is 10.0 Å². The van der Waals surface area contributed by atoms with Crippen LogP contribution in [-0.2, 0) is 21.2 Å². The number of aryl methyl sites for hydroxylation is 1. The predicted molar refractivity (Wildman–Crippen MR) is 79.8 cm³/mol. The first-order chi connectivity index (χ1) is 9.27. The van der Waals surface area contributed by atoms with Gasteiger partial charge in [0.25, 0.3) is 0 Å². The number of hydrogen-bond donors (Lipinski definition) is 1. The van der Waals surface area contributed by atoms with Gasteiger partial charge in [0.05, 0.1) is 18.5 Å². The fraction of sp³-hybridized carbons (Fsp3) is 0.600. The van der Waals surface area contributed by atoms with E-state index in [0.717, 1.165) is 19.3 Å². The molecule has 1 aliphatic rings. The molecule has 0 radical (unpaired) electrons. The lowest BCUT2D eigenvalue weighted by atomic mass is 9.89. The van der Waals surface area contributed by atoms with Gasteiger partial charge >= 0.3 is 0 Å². The molecule has 0 heterocycles. The van der Waals surface area contributed by atoms with Crippen LogP contribution in [0, 0.1) is 5.41 Å². The van der Waals surface area contributed by atoms with Crippen LogP contribution in [0.1, 0.15) is 43.9 Å². The molecule has 1 unspecified atom stereocenters. The van der Waals surface area contributed by atoms with Crippen molar-refractivity contribution in [1.82, 2.24) is 0 Å². The van der Waals surface area contributed by atoms with Crippen molar-refractivity contribution in [3.8, 4) is 0 Å². The van der Waals surface area contributed by atoms with Crippen molar-refractivity contribution in [2.24, 2.45) is 10.6 Å². The zero-order chi connectivity index (χ0) is 14.8. The fourth-order valence-electron chi connectivity index (χ4n) is 2.79. The van der Waals surface area contributed by atoms with E-state index in [9.17, 15) is 8.42 Å². The third kappa shape index (κ3) is 4.30. The summed E-state index contributed by atoms with van der Waals surface area (Å²) in [7, 11) is -3.48. The lowest BCUT2D eigenvalue weighted by Crippen LogP contribution is -2.33. The van der Waals surface area contributed by atoms with Crippen molar-refractivity contribution in [2.45, 2.75) is 39.2 Å². The van der Waals surface area contributed by atoms with Crippen LogP contribution in [-0.4, -0.2) is 20.8 Å². The summed E-state index contributed by atoms with van der Waals surface area (Å²) in [5.41, 5.74) is 2.11. The molecule has 112 valence electrons. The van der Waals surface area contributed by atoms with Gasteiger partial charge in [-0.3, -0.25) is 0 Å². The molecule has 1 atom stereocenters. The van der Waals surface area contributed by atoms with Gasteiger partial charge in [-0.25, -0.2) is 13.6 Å². The summed E-state index contributed by atoms with van der Waals surface area (Å²) < 4.78 is 28.4. The van der Waals surface area contributed by atoms with Crippen molar-refractivity contribution in [1.29, 1.82) is 0 Å². The molecular weight excluding hydrogens is 274 g/mol. The molecule has 0 amide bonds. The standard InChI is InChI=1S/C15H23NO3S/c1-15(2,11-20(16,17)18)10-19-14-9-5-7-12-6-3-4-8-13(12)14/h3-4,6,8,14H,5,7,9-11H2,1-2H3,(H2,16,17,18). The number of benzene rings is 1. The highest BCUT2D eigenvalue weighted by Crippen LogP contribution is 2.33. The Labute approximate surface area is 121 Å². The van der Waals surface area contributed by atoms with Gasteiger partial charge in [0.15, 0.2) is 0 Å². The van der Waals surface area contributed by atoms with Gasteiger partial charge in [-0.05, 0) is 30.4 Å². The Morgan fingerprint density at radius 2 is 2.05 bits per heavy atom. The summed E-state index contributed by atoms with van der Waals surface area (Å²) in [6.07, 6.45) is 3.26. The van der Waals surface area contributed by atoms with Gasteiger partial charge in [-0.1, -0.05) is 38.1 Å². The Hall–Kier alpha value is -0.910. The first-order valence-electron chi connectivity index (χ1n) is 6.97. The second-order valence-corrected chi connectivity index (χ2v) is 7.98. The summed E-state index contributed by atoms with van der Waals surface area (Å²) >= 11 is 0. The average molecular weight is 297 g/mol. The van der Waals surface area contributed by atoms with Crippen LogP contribution < -0.4 is 5.14 Å². The highest BCUT2D eigenvalue weighted by Gasteiger charge is 2.27. The topological polar surface area (TPSA) is 69.4 Å². The van der Waals surface area contributed by atoms with E-state index in [4.69, 9.17) is 9.88 Å². The Kier molecular flexibility index (Phi) is 4.52. The maximum atomic E-state index is 11.2. The number of nitrogens with two attached hydrogens (primary N) is 1. The maximum absolute atomic E-state index is 11.2. The van der Waals surface area contributed by atoms with Crippen LogP contribution in [0.25, 0.3) is 0 Å². The van der Waals surface area contributed by atoms with Crippen molar-refractivity contribution in [3.63, 3.8) is 0 Å². The van der Waals surface area contributed by atoms with Crippen LogP contribution in [0.3, 0.4) is 0 Å². The first-order valence-corrected chi connectivity index (χ1v) is 8.68. The molecule has 1 aromatic carbocycles. The molecule has 4 nitrogen and oxygen atoms in total. The number of rotatable bonds is 5. The predicted octanol–water partition coefficient (Wildman–Crippen LogP) is 2.40. The Morgan fingerprint density at radius 1 is 1.35 bits per heavy atom. The fourth-order valence-corrected chi connectivity index (χ4v) is 3.97. The second kappa shape index (κ2) is 5.84. The number of hydrogen-bond acceptors (Lipinski definition) is 3. The van der Waals surface area contributed by atoms with Crippen LogP contribution in [0.5, 0.6) is 0 Å². The lowest BCUT2D eigenvalue weighted by Gasteiger charge is -2.30. The number of sulfonamides is 1. The Balaban J connectivity index is 2.02. The molecule has 0 saturated heterocycles. The minimum Gasteiger partial charge on any atom is -0.373 e. The van der Waals surface area contributed by atoms with E-state index in [1.165, 1.54) is 11.1 Å². The molecule has 5 heteroatoms. The second-order valence-electron chi connectivity index (χ2n) is 6.36. The molecule has 0 fully saturated rings. The third-order valence-electron chi connectivity index (χ3n) is 3.58. The van der Waals surface area contributed by atoms with Gasteiger partial charge in [-0.2, -0.15) is 0 Å². The average Bonchev–Trinajstić information content (AvgIpc) is 2.33. The van der Waals surface area contributed by atoms with Gasteiger partial charge in [-0.15, -0.1) is 0 Å². The van der Waals surface area contributed by atoms with Crippen LogP contribution in [0.2, 0.25) is 0 Å². The molecular formula is C15H23NO3S. The van der Waals surface area contributed by atoms with E-state index in [1.54, 1.807) is 0 Å². The minimum absolute atomic E-state index is 0.0611. The SMILES string of the molecule is CC(C)(COC1CCCc2ccccc21)CS(N)(=O)=O. The van der Waals surface area contributed by atoms with Crippen LogP contribution >= 0.6 is 0 Å². The van der Waals surface area contributed by atoms with E-state index in [2.05, 4.69) is 12.1 Å². The van der Waals surface area contributed by atoms with Crippen molar-refractivity contribution in [2.75, 3.05) is 12.4 Å². The van der Waals surface area contributed by atoms with Crippen LogP contribution in [0.4, 0.5) is 0 Å². The highest BCUT2D eigenvalue weighted by molar-refractivity contribution is 7.89. The normalized spacial score (nSPS) is 19.6. The van der Waals surface area contributed by atoms with Gasteiger partial charge < -0.3 is 4.74 Å². The van der Waals surface area contributed by atoms with E-state index >= 15 is 0 Å². The first kappa shape index (κ1) is 15.5. The van der Waals surface area contributed by atoms with E-state index in [-0.39, 0.29) is 11.9 Å². The lowest BCUT2D eigenvalue weighted by molar-refractivity contribution is -0.000361. The summed E-state index contributed by atoms with van der Waals surface area (Å²) in [6, 6.07) is 8.31.